The molecule has 0 radical (unpaired) electrons. The molecule has 1 aromatic carbocycles. The minimum atomic E-state index is -4.57. The van der Waals surface area contributed by atoms with Crippen LogP contribution in [0, 0.1) is 0 Å². The number of halogens is 4. The van der Waals surface area contributed by atoms with Crippen molar-refractivity contribution in [2.24, 2.45) is 5.73 Å². The number of carbonyl (C=O) groups excluding carboxylic acids is 2. The third-order valence-electron chi connectivity index (χ3n) is 4.71. The fourth-order valence-corrected chi connectivity index (χ4v) is 3.59. The largest absolute Gasteiger partial charge is 0.417 e. The second-order valence-corrected chi connectivity index (χ2v) is 7.33. The zero-order valence-corrected chi connectivity index (χ0v) is 16.1. The number of hydrogen-bond acceptors (Lipinski definition) is 3. The molecule has 29 heavy (non-hydrogen) atoms. The molecule has 0 unspecified atom stereocenters. The van der Waals surface area contributed by atoms with Crippen LogP contribution in [0.1, 0.15) is 34.3 Å². The molecule has 3 rings (SSSR count). The van der Waals surface area contributed by atoms with Crippen LogP contribution in [-0.2, 0) is 17.4 Å². The van der Waals surface area contributed by atoms with Gasteiger partial charge in [-0.25, -0.2) is 0 Å². The quantitative estimate of drug-likeness (QED) is 0.684. The first kappa shape index (κ1) is 21.2. The van der Waals surface area contributed by atoms with Gasteiger partial charge in [0.1, 0.15) is 0 Å². The van der Waals surface area contributed by atoms with Gasteiger partial charge in [0.25, 0.3) is 5.91 Å². The van der Waals surface area contributed by atoms with Gasteiger partial charge in [0.2, 0.25) is 5.91 Å². The predicted octanol–water partition coefficient (Wildman–Crippen LogP) is 2.66. The molecule has 1 saturated heterocycles. The number of primary amides is 1. The highest BCUT2D eigenvalue weighted by atomic mass is 35.5. The third-order valence-corrected chi connectivity index (χ3v) is 5.02. The molecule has 1 aliphatic heterocycles. The molecule has 0 bridgehead atoms. The number of piperidine rings is 1. The molecule has 2 heterocycles. The molecular weight excluding hydrogens is 409 g/mol. The molecule has 1 fully saturated rings. The van der Waals surface area contributed by atoms with Crippen LogP contribution in [0.25, 0.3) is 5.69 Å². The van der Waals surface area contributed by atoms with Crippen LogP contribution in [0.15, 0.2) is 30.6 Å². The van der Waals surface area contributed by atoms with Crippen LogP contribution in [0.4, 0.5) is 13.2 Å². The summed E-state index contributed by atoms with van der Waals surface area (Å²) in [5.74, 6) is -0.992. The van der Waals surface area contributed by atoms with E-state index in [2.05, 4.69) is 10.6 Å². The maximum absolute atomic E-state index is 12.9. The van der Waals surface area contributed by atoms with Crippen LogP contribution in [0.5, 0.6) is 0 Å². The number of amides is 2. The summed E-state index contributed by atoms with van der Waals surface area (Å²) >= 11 is 5.79. The fraction of sp³-hybridized carbons (Fsp3) is 0.368. The van der Waals surface area contributed by atoms with Crippen molar-refractivity contribution in [1.82, 2.24) is 15.2 Å². The summed E-state index contributed by atoms with van der Waals surface area (Å²) in [6.45, 7) is 1.54. The number of rotatable bonds is 5. The van der Waals surface area contributed by atoms with Gasteiger partial charge in [-0.2, -0.15) is 13.2 Å². The molecule has 1 atom stereocenters. The van der Waals surface area contributed by atoms with E-state index < -0.39 is 22.7 Å². The highest BCUT2D eigenvalue weighted by Crippen LogP contribution is 2.35. The number of hydrogen-bond donors (Lipinski definition) is 3. The molecule has 10 heteroatoms. The van der Waals surface area contributed by atoms with Gasteiger partial charge in [0, 0.05) is 30.7 Å². The van der Waals surface area contributed by atoms with Crippen molar-refractivity contribution in [3.8, 4) is 5.69 Å². The second-order valence-electron chi connectivity index (χ2n) is 6.93. The molecule has 6 nitrogen and oxygen atoms in total. The van der Waals surface area contributed by atoms with Crippen molar-refractivity contribution in [3.63, 3.8) is 0 Å². The zero-order valence-electron chi connectivity index (χ0n) is 15.4. The lowest BCUT2D eigenvalue weighted by Crippen LogP contribution is -2.45. The van der Waals surface area contributed by atoms with E-state index in [4.69, 9.17) is 17.3 Å². The topological polar surface area (TPSA) is 89.2 Å². The lowest BCUT2D eigenvalue weighted by atomic mass is 10.1. The van der Waals surface area contributed by atoms with Gasteiger partial charge in [0.05, 0.1) is 22.6 Å². The van der Waals surface area contributed by atoms with E-state index in [1.54, 1.807) is 0 Å². The van der Waals surface area contributed by atoms with Crippen LogP contribution in [0.3, 0.4) is 0 Å². The number of nitrogens with one attached hydrogen (secondary N) is 2. The maximum atomic E-state index is 12.9. The van der Waals surface area contributed by atoms with Crippen molar-refractivity contribution >= 4 is 23.4 Å². The van der Waals surface area contributed by atoms with Crippen molar-refractivity contribution in [2.75, 3.05) is 13.1 Å². The number of carbonyl (C=O) groups is 2. The minimum absolute atomic E-state index is 0.0402. The summed E-state index contributed by atoms with van der Waals surface area (Å²) in [6, 6.07) is 3.24. The van der Waals surface area contributed by atoms with Crippen LogP contribution >= 0.6 is 11.6 Å². The van der Waals surface area contributed by atoms with Crippen molar-refractivity contribution < 1.29 is 22.8 Å². The smallest absolute Gasteiger partial charge is 0.369 e. The molecule has 4 N–H and O–H groups in total. The van der Waals surface area contributed by atoms with Crippen molar-refractivity contribution in [3.05, 3.63) is 52.3 Å². The average molecular weight is 429 g/mol. The van der Waals surface area contributed by atoms with Crippen molar-refractivity contribution in [2.45, 2.75) is 31.5 Å². The third kappa shape index (κ3) is 5.10. The first-order valence-electron chi connectivity index (χ1n) is 9.03. The zero-order chi connectivity index (χ0) is 21.2. The lowest BCUT2D eigenvalue weighted by Gasteiger charge is -2.23. The summed E-state index contributed by atoms with van der Waals surface area (Å²) in [6.07, 6.45) is -0.0146. The molecule has 1 aromatic heterocycles. The number of aromatic nitrogens is 1. The molecule has 2 amide bonds. The van der Waals surface area contributed by atoms with Gasteiger partial charge < -0.3 is 20.9 Å². The first-order chi connectivity index (χ1) is 13.6. The Morgan fingerprint density at radius 3 is 2.66 bits per heavy atom. The first-order valence-corrected chi connectivity index (χ1v) is 9.41. The van der Waals surface area contributed by atoms with E-state index in [-0.39, 0.29) is 23.9 Å². The van der Waals surface area contributed by atoms with E-state index in [0.717, 1.165) is 31.5 Å². The van der Waals surface area contributed by atoms with Crippen LogP contribution < -0.4 is 16.4 Å². The summed E-state index contributed by atoms with van der Waals surface area (Å²) in [4.78, 5) is 24.1. The summed E-state index contributed by atoms with van der Waals surface area (Å²) < 4.78 is 40.2. The lowest BCUT2D eigenvalue weighted by molar-refractivity contribution is -0.137. The van der Waals surface area contributed by atoms with E-state index in [9.17, 15) is 22.8 Å². The van der Waals surface area contributed by atoms with Gasteiger partial charge in [-0.1, -0.05) is 11.6 Å². The number of alkyl halides is 3. The van der Waals surface area contributed by atoms with Gasteiger partial charge in [-0.15, -0.1) is 0 Å². The Morgan fingerprint density at radius 2 is 2.07 bits per heavy atom. The summed E-state index contributed by atoms with van der Waals surface area (Å²) in [5, 5.41) is 5.65. The molecule has 2 aromatic rings. The summed E-state index contributed by atoms with van der Waals surface area (Å²) in [7, 11) is 0. The highest BCUT2D eigenvalue weighted by Gasteiger charge is 2.33. The molecule has 1 aliphatic rings. The molecule has 0 saturated carbocycles. The van der Waals surface area contributed by atoms with Gasteiger partial charge >= 0.3 is 6.18 Å². The van der Waals surface area contributed by atoms with Crippen molar-refractivity contribution in [1.29, 1.82) is 0 Å². The Balaban J connectivity index is 1.91. The minimum Gasteiger partial charge on any atom is -0.369 e. The van der Waals surface area contributed by atoms with Gasteiger partial charge in [-0.05, 0) is 43.1 Å². The normalized spacial score (nSPS) is 17.2. The van der Waals surface area contributed by atoms with Crippen LogP contribution in [-0.4, -0.2) is 35.5 Å². The second kappa shape index (κ2) is 8.46. The predicted molar refractivity (Wildman–Crippen MR) is 102 cm³/mol. The molecular formula is C19H20ClF3N4O2. The number of nitrogens with zero attached hydrogens (tertiary/aromatic N) is 1. The average Bonchev–Trinajstić information content (AvgIpc) is 3.04. The van der Waals surface area contributed by atoms with E-state index in [1.165, 1.54) is 23.0 Å². The monoisotopic (exact) mass is 428 g/mol. The van der Waals surface area contributed by atoms with Gasteiger partial charge in [-0.3, -0.25) is 9.59 Å². The van der Waals surface area contributed by atoms with Gasteiger partial charge in [0.15, 0.2) is 0 Å². The molecule has 0 spiro atoms. The Kier molecular flexibility index (Phi) is 6.18. The van der Waals surface area contributed by atoms with E-state index in [0.29, 0.717) is 17.8 Å². The number of nitrogens with two attached hydrogens (primary N) is 1. The SMILES string of the molecule is NC(=O)Cc1cn(-c2ccc(C(F)(F)F)c(Cl)c2)cc1C(=O)N[C@H]1CCCNC1. The molecule has 0 aliphatic carbocycles. The van der Waals surface area contributed by atoms with E-state index >= 15 is 0 Å². The Hall–Kier alpha value is -2.52. The fourth-order valence-electron chi connectivity index (χ4n) is 3.31. The standard InChI is InChI=1S/C19H20ClF3N4O2/c20-16-7-13(3-4-15(16)19(21,22)23)27-9-11(6-17(24)28)14(10-27)18(29)26-12-2-1-5-25-8-12/h3-4,7,9-10,12,25H,1-2,5-6,8H2,(H2,24,28)(H,26,29)/t12-/m0/s1. The number of benzene rings is 1. The maximum Gasteiger partial charge on any atom is 0.417 e. The summed E-state index contributed by atoms with van der Waals surface area (Å²) in [5.41, 5.74) is 5.28. The Labute approximate surface area is 170 Å². The highest BCUT2D eigenvalue weighted by molar-refractivity contribution is 6.31. The Morgan fingerprint density at radius 1 is 1.31 bits per heavy atom. The Bertz CT molecular complexity index is 921. The molecule has 156 valence electrons. The van der Waals surface area contributed by atoms with Crippen LogP contribution in [0.2, 0.25) is 5.02 Å². The van der Waals surface area contributed by atoms with E-state index in [1.807, 2.05) is 0 Å².